The lowest BCUT2D eigenvalue weighted by Gasteiger charge is -2.07. The first kappa shape index (κ1) is 9.32. The summed E-state index contributed by atoms with van der Waals surface area (Å²) in [6.07, 6.45) is 1.62. The second kappa shape index (κ2) is 3.31. The third kappa shape index (κ3) is 1.69. The summed E-state index contributed by atoms with van der Waals surface area (Å²) in [5.41, 5.74) is 0.315. The summed E-state index contributed by atoms with van der Waals surface area (Å²) >= 11 is 3.29. The van der Waals surface area contributed by atoms with Crippen molar-refractivity contribution in [3.63, 3.8) is 0 Å². The van der Waals surface area contributed by atoms with Crippen LogP contribution in [0.2, 0.25) is 0 Å². The zero-order chi connectivity index (χ0) is 9.30. The van der Waals surface area contributed by atoms with Crippen LogP contribution >= 0.6 is 15.9 Å². The number of rotatable bonds is 2. The van der Waals surface area contributed by atoms with Gasteiger partial charge >= 0.3 is 5.97 Å². The Hall–Kier alpha value is -0.770. The van der Waals surface area contributed by atoms with Crippen LogP contribution in [0.3, 0.4) is 0 Å². The Kier molecular flexibility index (Phi) is 2.57. The van der Waals surface area contributed by atoms with Gasteiger partial charge in [0.05, 0.1) is 10.2 Å². The lowest BCUT2D eigenvalue weighted by molar-refractivity contribution is 0.0697. The van der Waals surface area contributed by atoms with Crippen molar-refractivity contribution in [3.8, 4) is 0 Å². The summed E-state index contributed by atoms with van der Waals surface area (Å²) in [5.74, 6) is -0.893. The van der Waals surface area contributed by atoms with Gasteiger partial charge in [-0.25, -0.2) is 4.79 Å². The van der Waals surface area contributed by atoms with Gasteiger partial charge in [0.25, 0.3) is 0 Å². The van der Waals surface area contributed by atoms with Crippen molar-refractivity contribution < 1.29 is 9.90 Å². The summed E-state index contributed by atoms with van der Waals surface area (Å²) in [6.45, 7) is 3.99. The molecule has 0 unspecified atom stereocenters. The maximum Gasteiger partial charge on any atom is 0.337 e. The minimum Gasteiger partial charge on any atom is -0.478 e. The zero-order valence-electron chi connectivity index (χ0n) is 6.91. The molecule has 0 radical (unpaired) electrons. The number of nitrogens with zero attached hydrogens (tertiary/aromatic N) is 1. The molecule has 1 rings (SSSR count). The van der Waals surface area contributed by atoms with Crippen LogP contribution < -0.4 is 0 Å². The highest BCUT2D eigenvalue weighted by Gasteiger charge is 2.10. The van der Waals surface area contributed by atoms with Crippen molar-refractivity contribution in [1.29, 1.82) is 0 Å². The van der Waals surface area contributed by atoms with Gasteiger partial charge in [0.15, 0.2) is 0 Å². The molecule has 0 saturated carbocycles. The lowest BCUT2D eigenvalue weighted by atomic mass is 10.3. The van der Waals surface area contributed by atoms with E-state index >= 15 is 0 Å². The average molecular weight is 232 g/mol. The highest BCUT2D eigenvalue weighted by molar-refractivity contribution is 9.10. The molecule has 66 valence electrons. The van der Waals surface area contributed by atoms with Crippen LogP contribution in [0.15, 0.2) is 16.9 Å². The van der Waals surface area contributed by atoms with Crippen LogP contribution in [-0.2, 0) is 0 Å². The predicted molar refractivity (Wildman–Crippen MR) is 49.5 cm³/mol. The van der Waals surface area contributed by atoms with E-state index in [4.69, 9.17) is 5.11 Å². The van der Waals surface area contributed by atoms with Crippen molar-refractivity contribution >= 4 is 21.9 Å². The molecule has 3 nitrogen and oxygen atoms in total. The lowest BCUT2D eigenvalue weighted by Crippen LogP contribution is -1.99. The Labute approximate surface area is 79.1 Å². The smallest absolute Gasteiger partial charge is 0.337 e. The molecular formula is C8H10BrNO2. The first-order valence-electron chi connectivity index (χ1n) is 3.63. The Bertz CT molecular complexity index is 304. The number of carbonyl (C=O) groups is 1. The second-order valence-electron chi connectivity index (χ2n) is 2.86. The SMILES string of the molecule is CC(C)n1cc(C(=O)O)cc1Br. The fourth-order valence-corrected chi connectivity index (χ4v) is 1.72. The van der Waals surface area contributed by atoms with E-state index in [1.165, 1.54) is 0 Å². The molecule has 0 bridgehead atoms. The molecule has 0 aliphatic carbocycles. The molecule has 12 heavy (non-hydrogen) atoms. The average Bonchev–Trinajstić information content (AvgIpc) is 2.30. The Morgan fingerprint density at radius 3 is 2.50 bits per heavy atom. The van der Waals surface area contributed by atoms with Crippen molar-refractivity contribution in [2.75, 3.05) is 0 Å². The molecule has 0 saturated heterocycles. The van der Waals surface area contributed by atoms with Crippen LogP contribution in [-0.4, -0.2) is 15.6 Å². The van der Waals surface area contributed by atoms with Gasteiger partial charge in [0.1, 0.15) is 0 Å². The number of aromatic nitrogens is 1. The van der Waals surface area contributed by atoms with E-state index in [0.717, 1.165) is 4.60 Å². The Balaban J connectivity index is 3.09. The molecule has 1 heterocycles. The van der Waals surface area contributed by atoms with Gasteiger partial charge in [0, 0.05) is 12.2 Å². The zero-order valence-corrected chi connectivity index (χ0v) is 8.50. The van der Waals surface area contributed by atoms with E-state index in [-0.39, 0.29) is 6.04 Å². The van der Waals surface area contributed by atoms with Gasteiger partial charge in [-0.3, -0.25) is 0 Å². The van der Waals surface area contributed by atoms with Crippen LogP contribution in [0.25, 0.3) is 0 Å². The summed E-state index contributed by atoms with van der Waals surface area (Å²) in [6, 6.07) is 1.87. The molecule has 1 N–H and O–H groups in total. The Morgan fingerprint density at radius 1 is 1.67 bits per heavy atom. The number of hydrogen-bond donors (Lipinski definition) is 1. The standard InChI is InChI=1S/C8H10BrNO2/c1-5(2)10-4-6(8(11)12)3-7(10)9/h3-5H,1-2H3,(H,11,12). The largest absolute Gasteiger partial charge is 0.478 e. The fourth-order valence-electron chi connectivity index (χ4n) is 0.964. The third-order valence-electron chi connectivity index (χ3n) is 1.60. The summed E-state index contributed by atoms with van der Waals surface area (Å²) < 4.78 is 2.67. The van der Waals surface area contributed by atoms with Gasteiger partial charge in [-0.1, -0.05) is 0 Å². The van der Waals surface area contributed by atoms with Crippen molar-refractivity contribution in [3.05, 3.63) is 22.4 Å². The molecule has 0 amide bonds. The van der Waals surface area contributed by atoms with Crippen LogP contribution in [0.5, 0.6) is 0 Å². The Morgan fingerprint density at radius 2 is 2.25 bits per heavy atom. The van der Waals surface area contributed by atoms with Crippen molar-refractivity contribution in [2.45, 2.75) is 19.9 Å². The highest BCUT2D eigenvalue weighted by Crippen LogP contribution is 2.19. The second-order valence-corrected chi connectivity index (χ2v) is 3.67. The number of carboxylic acids is 1. The molecule has 0 fully saturated rings. The van der Waals surface area contributed by atoms with E-state index in [1.807, 2.05) is 18.4 Å². The number of hydrogen-bond acceptors (Lipinski definition) is 1. The van der Waals surface area contributed by atoms with Gasteiger partial charge in [-0.2, -0.15) is 0 Å². The maximum absolute atomic E-state index is 10.6. The normalized spacial score (nSPS) is 10.7. The quantitative estimate of drug-likeness (QED) is 0.851. The molecule has 0 aliphatic heterocycles. The van der Waals surface area contributed by atoms with Crippen LogP contribution in [0, 0.1) is 0 Å². The number of halogens is 1. The maximum atomic E-state index is 10.6. The molecule has 0 aliphatic rings. The van der Waals surface area contributed by atoms with E-state index in [9.17, 15) is 4.79 Å². The van der Waals surface area contributed by atoms with Gasteiger partial charge in [0.2, 0.25) is 0 Å². The third-order valence-corrected chi connectivity index (χ3v) is 2.24. The summed E-state index contributed by atoms with van der Waals surface area (Å²) in [7, 11) is 0. The van der Waals surface area contributed by atoms with E-state index in [1.54, 1.807) is 12.3 Å². The topological polar surface area (TPSA) is 42.2 Å². The molecule has 0 atom stereocenters. The van der Waals surface area contributed by atoms with E-state index < -0.39 is 5.97 Å². The summed E-state index contributed by atoms with van der Waals surface area (Å²) in [4.78, 5) is 10.6. The first-order valence-corrected chi connectivity index (χ1v) is 4.42. The monoisotopic (exact) mass is 231 g/mol. The molecular weight excluding hydrogens is 222 g/mol. The van der Waals surface area contributed by atoms with E-state index in [2.05, 4.69) is 15.9 Å². The molecule has 4 heteroatoms. The summed E-state index contributed by atoms with van der Waals surface area (Å²) in [5, 5.41) is 8.67. The molecule has 0 spiro atoms. The van der Waals surface area contributed by atoms with Crippen molar-refractivity contribution in [2.24, 2.45) is 0 Å². The van der Waals surface area contributed by atoms with Crippen LogP contribution in [0.4, 0.5) is 0 Å². The van der Waals surface area contributed by atoms with Gasteiger partial charge in [-0.05, 0) is 35.8 Å². The minimum atomic E-state index is -0.893. The molecule has 1 aromatic rings. The predicted octanol–water partition coefficient (Wildman–Crippen LogP) is 2.53. The van der Waals surface area contributed by atoms with E-state index in [0.29, 0.717) is 5.56 Å². The first-order chi connectivity index (χ1) is 5.52. The minimum absolute atomic E-state index is 0.271. The van der Waals surface area contributed by atoms with Crippen molar-refractivity contribution in [1.82, 2.24) is 4.57 Å². The van der Waals surface area contributed by atoms with Gasteiger partial charge < -0.3 is 9.67 Å². The van der Waals surface area contributed by atoms with Crippen LogP contribution in [0.1, 0.15) is 30.2 Å². The molecule has 0 aromatic carbocycles. The fraction of sp³-hybridized carbons (Fsp3) is 0.375. The highest BCUT2D eigenvalue weighted by atomic mass is 79.9. The van der Waals surface area contributed by atoms with Gasteiger partial charge in [-0.15, -0.1) is 0 Å². The molecule has 1 aromatic heterocycles. The number of aromatic carboxylic acids is 1. The number of carboxylic acid groups (broad SMARTS) is 1.